The minimum absolute atomic E-state index is 0.0619. The van der Waals surface area contributed by atoms with Crippen LogP contribution in [-0.4, -0.2) is 24.2 Å². The summed E-state index contributed by atoms with van der Waals surface area (Å²) in [5.74, 6) is 0.450. The molecule has 0 saturated carbocycles. The van der Waals surface area contributed by atoms with E-state index in [1.807, 2.05) is 66.7 Å². The largest absolute Gasteiger partial charge is 0.412 e. The number of nitrogens with two attached hydrogens (primary N) is 1. The maximum atomic E-state index is 12.3. The molecule has 1 heterocycles. The average Bonchev–Trinajstić information content (AvgIpc) is 2.70. The Kier molecular flexibility index (Phi) is 5.96. The molecular formula is C21H21N3O2. The van der Waals surface area contributed by atoms with Crippen LogP contribution in [-0.2, 0) is 0 Å². The normalized spacial score (nSPS) is 11.6. The van der Waals surface area contributed by atoms with Gasteiger partial charge in [-0.2, -0.15) is 0 Å². The van der Waals surface area contributed by atoms with Crippen molar-refractivity contribution >= 4 is 6.09 Å². The second-order valence-corrected chi connectivity index (χ2v) is 5.82. The molecule has 1 unspecified atom stereocenters. The second-order valence-electron chi connectivity index (χ2n) is 5.82. The number of ether oxygens (including phenoxy) is 1. The number of carbonyl (C=O) groups excluding carboxylic acids is 1. The highest BCUT2D eigenvalue weighted by Gasteiger charge is 2.14. The predicted molar refractivity (Wildman–Crippen MR) is 102 cm³/mol. The maximum absolute atomic E-state index is 12.3. The molecule has 132 valence electrons. The van der Waals surface area contributed by atoms with Crippen molar-refractivity contribution in [2.45, 2.75) is 5.92 Å². The van der Waals surface area contributed by atoms with Gasteiger partial charge in [-0.05, 0) is 23.8 Å². The molecule has 26 heavy (non-hydrogen) atoms. The number of amides is 1. The Morgan fingerprint density at radius 3 is 2.46 bits per heavy atom. The van der Waals surface area contributed by atoms with Crippen molar-refractivity contribution in [1.82, 2.24) is 10.3 Å². The lowest BCUT2D eigenvalue weighted by molar-refractivity contribution is 0.200. The number of hydrogen-bond donors (Lipinski definition) is 2. The van der Waals surface area contributed by atoms with Crippen molar-refractivity contribution in [2.24, 2.45) is 5.73 Å². The fourth-order valence-electron chi connectivity index (χ4n) is 2.68. The fraction of sp³-hybridized carbons (Fsp3) is 0.143. The van der Waals surface area contributed by atoms with Crippen molar-refractivity contribution in [3.8, 4) is 16.9 Å². The van der Waals surface area contributed by atoms with Crippen LogP contribution in [0.3, 0.4) is 0 Å². The first-order chi connectivity index (χ1) is 12.8. The van der Waals surface area contributed by atoms with Crippen LogP contribution in [0.15, 0.2) is 79.0 Å². The van der Waals surface area contributed by atoms with Crippen molar-refractivity contribution in [2.75, 3.05) is 13.1 Å². The molecule has 0 spiro atoms. The van der Waals surface area contributed by atoms with Crippen LogP contribution >= 0.6 is 0 Å². The fourth-order valence-corrected chi connectivity index (χ4v) is 2.68. The third kappa shape index (κ3) is 4.46. The number of aromatic nitrogens is 1. The molecule has 3 N–H and O–H groups in total. The third-order valence-electron chi connectivity index (χ3n) is 4.06. The lowest BCUT2D eigenvalue weighted by Gasteiger charge is -2.16. The highest BCUT2D eigenvalue weighted by molar-refractivity contribution is 5.77. The molecule has 0 saturated heterocycles. The van der Waals surface area contributed by atoms with Crippen LogP contribution in [0.4, 0.5) is 4.79 Å². The van der Waals surface area contributed by atoms with Crippen LogP contribution in [0.5, 0.6) is 5.75 Å². The zero-order valence-corrected chi connectivity index (χ0v) is 14.3. The summed E-state index contributed by atoms with van der Waals surface area (Å²) < 4.78 is 5.52. The molecule has 5 heteroatoms. The first-order valence-corrected chi connectivity index (χ1v) is 8.49. The van der Waals surface area contributed by atoms with Crippen LogP contribution in [0.25, 0.3) is 11.1 Å². The van der Waals surface area contributed by atoms with E-state index in [9.17, 15) is 4.79 Å². The Labute approximate surface area is 152 Å². The molecule has 1 aromatic heterocycles. The van der Waals surface area contributed by atoms with E-state index in [-0.39, 0.29) is 5.92 Å². The van der Waals surface area contributed by atoms with E-state index >= 15 is 0 Å². The van der Waals surface area contributed by atoms with Gasteiger partial charge in [0, 0.05) is 36.5 Å². The third-order valence-corrected chi connectivity index (χ3v) is 4.06. The first kappa shape index (κ1) is 17.6. The smallest absolute Gasteiger partial charge is 0.410 e. The molecule has 3 rings (SSSR count). The minimum Gasteiger partial charge on any atom is -0.410 e. The summed E-state index contributed by atoms with van der Waals surface area (Å²) in [6.07, 6.45) is 1.20. The van der Waals surface area contributed by atoms with Crippen LogP contribution < -0.4 is 15.8 Å². The van der Waals surface area contributed by atoms with Gasteiger partial charge in [0.1, 0.15) is 5.75 Å². The highest BCUT2D eigenvalue weighted by atomic mass is 16.6. The second kappa shape index (κ2) is 8.78. The summed E-state index contributed by atoms with van der Waals surface area (Å²) in [5.41, 5.74) is 8.51. The lowest BCUT2D eigenvalue weighted by atomic mass is 10.0. The maximum Gasteiger partial charge on any atom is 0.412 e. The number of para-hydroxylation sites is 1. The zero-order valence-electron chi connectivity index (χ0n) is 14.3. The number of nitrogens with zero attached hydrogens (tertiary/aromatic N) is 1. The predicted octanol–water partition coefficient (Wildman–Crippen LogP) is 3.58. The summed E-state index contributed by atoms with van der Waals surface area (Å²) >= 11 is 0. The Hall–Kier alpha value is -3.18. The van der Waals surface area contributed by atoms with Gasteiger partial charge in [-0.3, -0.25) is 4.98 Å². The topological polar surface area (TPSA) is 77.2 Å². The van der Waals surface area contributed by atoms with Gasteiger partial charge < -0.3 is 15.8 Å². The van der Waals surface area contributed by atoms with Gasteiger partial charge in [-0.25, -0.2) is 4.79 Å². The highest BCUT2D eigenvalue weighted by Crippen LogP contribution is 2.29. The standard InChI is InChI=1S/C21H21N3O2/c22-14-17(19-11-6-7-13-23-19)15-24-21(25)26-20-12-5-4-10-18(20)16-8-2-1-3-9-16/h1-13,17H,14-15,22H2,(H,24,25). The van der Waals surface area contributed by atoms with E-state index in [2.05, 4.69) is 10.3 Å². The van der Waals surface area contributed by atoms with Gasteiger partial charge in [0.2, 0.25) is 0 Å². The Morgan fingerprint density at radius 2 is 1.73 bits per heavy atom. The molecule has 3 aromatic rings. The number of pyridine rings is 1. The summed E-state index contributed by atoms with van der Waals surface area (Å²) in [5, 5.41) is 2.78. The van der Waals surface area contributed by atoms with E-state index in [4.69, 9.17) is 10.5 Å². The van der Waals surface area contributed by atoms with Gasteiger partial charge >= 0.3 is 6.09 Å². The molecule has 1 amide bonds. The van der Waals surface area contributed by atoms with Crippen molar-refractivity contribution in [1.29, 1.82) is 0 Å². The van der Waals surface area contributed by atoms with E-state index in [0.29, 0.717) is 18.8 Å². The molecular weight excluding hydrogens is 326 g/mol. The van der Waals surface area contributed by atoms with E-state index in [1.54, 1.807) is 12.3 Å². The van der Waals surface area contributed by atoms with E-state index < -0.39 is 6.09 Å². The van der Waals surface area contributed by atoms with Crippen LogP contribution in [0.2, 0.25) is 0 Å². The quantitative estimate of drug-likeness (QED) is 0.714. The minimum atomic E-state index is -0.511. The zero-order chi connectivity index (χ0) is 18.2. The molecule has 0 aliphatic rings. The number of benzene rings is 2. The van der Waals surface area contributed by atoms with Gasteiger partial charge in [0.15, 0.2) is 0 Å². The molecule has 0 radical (unpaired) electrons. The Morgan fingerprint density at radius 1 is 1.00 bits per heavy atom. The van der Waals surface area contributed by atoms with Gasteiger partial charge in [-0.15, -0.1) is 0 Å². The number of carbonyl (C=O) groups is 1. The number of hydrogen-bond acceptors (Lipinski definition) is 4. The number of rotatable bonds is 6. The van der Waals surface area contributed by atoms with E-state index in [0.717, 1.165) is 16.8 Å². The molecule has 0 aliphatic carbocycles. The van der Waals surface area contributed by atoms with Crippen LogP contribution in [0.1, 0.15) is 11.6 Å². The van der Waals surface area contributed by atoms with E-state index in [1.165, 1.54) is 0 Å². The van der Waals surface area contributed by atoms with Gasteiger partial charge in [0.25, 0.3) is 0 Å². The molecule has 0 fully saturated rings. The monoisotopic (exact) mass is 347 g/mol. The van der Waals surface area contributed by atoms with Gasteiger partial charge in [0.05, 0.1) is 0 Å². The SMILES string of the molecule is NCC(CNC(=O)Oc1ccccc1-c1ccccc1)c1ccccn1. The van der Waals surface area contributed by atoms with Crippen molar-refractivity contribution in [3.05, 3.63) is 84.7 Å². The van der Waals surface area contributed by atoms with Crippen molar-refractivity contribution < 1.29 is 9.53 Å². The summed E-state index contributed by atoms with van der Waals surface area (Å²) in [6.45, 7) is 0.748. The molecule has 0 bridgehead atoms. The molecule has 5 nitrogen and oxygen atoms in total. The summed E-state index contributed by atoms with van der Waals surface area (Å²) in [4.78, 5) is 16.5. The van der Waals surface area contributed by atoms with Crippen molar-refractivity contribution in [3.63, 3.8) is 0 Å². The summed E-state index contributed by atoms with van der Waals surface area (Å²) in [6, 6.07) is 22.9. The summed E-state index contributed by atoms with van der Waals surface area (Å²) in [7, 11) is 0. The first-order valence-electron chi connectivity index (χ1n) is 8.49. The van der Waals surface area contributed by atoms with Crippen LogP contribution in [0, 0.1) is 0 Å². The Balaban J connectivity index is 1.66. The van der Waals surface area contributed by atoms with Gasteiger partial charge in [-0.1, -0.05) is 54.6 Å². The molecule has 1 atom stereocenters. The Bertz CT molecular complexity index is 838. The lowest BCUT2D eigenvalue weighted by Crippen LogP contribution is -2.33. The molecule has 2 aromatic carbocycles. The number of nitrogens with one attached hydrogen (secondary N) is 1. The average molecular weight is 347 g/mol. The molecule has 0 aliphatic heterocycles.